The van der Waals surface area contributed by atoms with Gasteiger partial charge in [0.2, 0.25) is 10.0 Å². The zero-order valence-electron chi connectivity index (χ0n) is 10.8. The predicted molar refractivity (Wildman–Crippen MR) is 79.4 cm³/mol. The van der Waals surface area contributed by atoms with Crippen LogP contribution < -0.4 is 4.72 Å². The Hall–Kier alpha value is -0.630. The number of nitrogens with zero attached hydrogens (tertiary/aromatic N) is 1. The first kappa shape index (κ1) is 16.4. The topological polar surface area (TPSA) is 75.6 Å². The molecule has 108 valence electrons. The molecule has 0 aliphatic heterocycles. The highest BCUT2D eigenvalue weighted by Gasteiger charge is 2.12. The van der Waals surface area contributed by atoms with Crippen LogP contribution in [-0.2, 0) is 25.5 Å². The quantitative estimate of drug-likeness (QED) is 0.861. The Morgan fingerprint density at radius 2 is 1.79 bits per heavy atom. The maximum absolute atomic E-state index is 11.8. The summed E-state index contributed by atoms with van der Waals surface area (Å²) < 4.78 is 41.3. The second kappa shape index (κ2) is 6.69. The van der Waals surface area contributed by atoms with Gasteiger partial charge in [0.1, 0.15) is 0 Å². The van der Waals surface area contributed by atoms with Crippen LogP contribution in [0.4, 0.5) is 0 Å². The fourth-order valence-corrected chi connectivity index (χ4v) is 3.39. The second-order valence-corrected chi connectivity index (χ2v) is 9.06. The number of hydrogen-bond acceptors (Lipinski definition) is 4. The lowest BCUT2D eigenvalue weighted by Crippen LogP contribution is -2.29. The number of halogens is 1. The minimum atomic E-state index is -3.44. The van der Waals surface area contributed by atoms with Crippen molar-refractivity contribution in [3.63, 3.8) is 0 Å². The van der Waals surface area contributed by atoms with E-state index in [1.54, 1.807) is 24.3 Å². The highest BCUT2D eigenvalue weighted by Crippen LogP contribution is 2.11. The van der Waals surface area contributed by atoms with Crippen molar-refractivity contribution in [3.05, 3.63) is 34.9 Å². The van der Waals surface area contributed by atoms with Gasteiger partial charge in [0.25, 0.3) is 0 Å². The molecule has 0 aliphatic carbocycles. The molecule has 0 saturated heterocycles. The van der Waals surface area contributed by atoms with E-state index in [1.165, 1.54) is 13.3 Å². The van der Waals surface area contributed by atoms with Gasteiger partial charge < -0.3 is 0 Å². The van der Waals surface area contributed by atoms with E-state index in [-0.39, 0.29) is 18.1 Å². The Kier molecular flexibility index (Phi) is 5.79. The monoisotopic (exact) mass is 324 g/mol. The third-order valence-corrected chi connectivity index (χ3v) is 5.80. The van der Waals surface area contributed by atoms with Crippen molar-refractivity contribution in [2.24, 2.45) is 4.36 Å². The zero-order valence-corrected chi connectivity index (χ0v) is 13.2. The van der Waals surface area contributed by atoms with E-state index in [0.29, 0.717) is 10.6 Å². The summed E-state index contributed by atoms with van der Waals surface area (Å²) in [5, 5.41) is 0.560. The highest BCUT2D eigenvalue weighted by atomic mass is 35.5. The van der Waals surface area contributed by atoms with Crippen LogP contribution in [0.25, 0.3) is 0 Å². The smallest absolute Gasteiger partial charge is 0.215 e. The van der Waals surface area contributed by atoms with Crippen LogP contribution in [0.5, 0.6) is 0 Å². The normalized spacial score (nSPS) is 14.9. The average molecular weight is 325 g/mol. The van der Waals surface area contributed by atoms with Crippen molar-refractivity contribution in [3.8, 4) is 0 Å². The maximum Gasteiger partial charge on any atom is 0.215 e. The Morgan fingerprint density at radius 3 is 2.32 bits per heavy atom. The van der Waals surface area contributed by atoms with Gasteiger partial charge in [0.15, 0.2) is 0 Å². The summed E-state index contributed by atoms with van der Waals surface area (Å²) in [5.41, 5.74) is 0.648. The largest absolute Gasteiger partial charge is 0.250 e. The molecule has 0 saturated carbocycles. The van der Waals surface area contributed by atoms with Crippen LogP contribution in [-0.4, -0.2) is 38.2 Å². The van der Waals surface area contributed by atoms with Crippen LogP contribution in [0.1, 0.15) is 5.56 Å². The summed E-state index contributed by atoms with van der Waals surface area (Å²) in [5.74, 6) is 0.0711. The number of rotatable bonds is 6. The van der Waals surface area contributed by atoms with Crippen LogP contribution in [0.2, 0.25) is 5.02 Å². The fraction of sp³-hybridized carbons (Fsp3) is 0.455. The van der Waals surface area contributed by atoms with Gasteiger partial charge in [-0.2, -0.15) is 0 Å². The molecule has 0 radical (unpaired) electrons. The van der Waals surface area contributed by atoms with Crippen LogP contribution in [0, 0.1) is 0 Å². The van der Waals surface area contributed by atoms with E-state index in [1.807, 2.05) is 0 Å². The summed E-state index contributed by atoms with van der Waals surface area (Å²) in [6.07, 6.45) is 1.50. The van der Waals surface area contributed by atoms with Gasteiger partial charge in [-0.3, -0.25) is 4.21 Å². The molecule has 5 nitrogen and oxygen atoms in total. The van der Waals surface area contributed by atoms with Gasteiger partial charge in [0, 0.05) is 40.4 Å². The molecule has 1 unspecified atom stereocenters. The summed E-state index contributed by atoms with van der Waals surface area (Å²) in [6.45, 7) is 0.114. The van der Waals surface area contributed by atoms with Crippen molar-refractivity contribution < 1.29 is 12.6 Å². The molecule has 19 heavy (non-hydrogen) atoms. The van der Waals surface area contributed by atoms with Gasteiger partial charge in [-0.25, -0.2) is 17.5 Å². The standard InChI is InChI=1S/C11H17ClN2O3S2/c1-13-18(2,15)8-7-14-19(16,17)9-10-3-5-11(12)6-4-10/h3-6,14H,7-9H2,1-2H3. The van der Waals surface area contributed by atoms with Gasteiger partial charge >= 0.3 is 0 Å². The molecule has 0 amide bonds. The summed E-state index contributed by atoms with van der Waals surface area (Å²) >= 11 is 5.73. The lowest BCUT2D eigenvalue weighted by Gasteiger charge is -2.07. The van der Waals surface area contributed by atoms with Gasteiger partial charge in [-0.15, -0.1) is 0 Å². The summed E-state index contributed by atoms with van der Waals surface area (Å²) in [6, 6.07) is 6.60. The van der Waals surface area contributed by atoms with Crippen molar-refractivity contribution in [1.29, 1.82) is 0 Å². The zero-order chi connectivity index (χ0) is 14.5. The van der Waals surface area contributed by atoms with E-state index >= 15 is 0 Å². The van der Waals surface area contributed by atoms with Crippen molar-refractivity contribution in [2.45, 2.75) is 5.75 Å². The highest BCUT2D eigenvalue weighted by molar-refractivity contribution is 7.93. The Bertz CT molecular complexity index is 632. The lowest BCUT2D eigenvalue weighted by atomic mass is 10.2. The van der Waals surface area contributed by atoms with E-state index in [0.717, 1.165) is 0 Å². The van der Waals surface area contributed by atoms with Crippen molar-refractivity contribution in [2.75, 3.05) is 25.6 Å². The Morgan fingerprint density at radius 1 is 1.21 bits per heavy atom. The molecule has 0 aromatic heterocycles. The first-order valence-corrected chi connectivity index (χ1v) is 9.66. The molecule has 8 heteroatoms. The molecule has 0 aliphatic rings. The number of benzene rings is 1. The first-order valence-electron chi connectivity index (χ1n) is 5.54. The molecule has 1 atom stereocenters. The van der Waals surface area contributed by atoms with E-state index < -0.39 is 19.8 Å². The lowest BCUT2D eigenvalue weighted by molar-refractivity contribution is 0.583. The molecule has 1 rings (SSSR count). The molecule has 1 N–H and O–H groups in total. The minimum absolute atomic E-state index is 0.114. The molecule has 1 aromatic rings. The van der Waals surface area contributed by atoms with E-state index in [4.69, 9.17) is 11.6 Å². The Balaban J connectivity index is 2.58. The molecule has 0 bridgehead atoms. The molecule has 0 heterocycles. The van der Waals surface area contributed by atoms with Crippen molar-refractivity contribution in [1.82, 2.24) is 4.72 Å². The first-order chi connectivity index (χ1) is 8.74. The SMILES string of the molecule is CN=S(C)(=O)CCNS(=O)(=O)Cc1ccc(Cl)cc1. The maximum atomic E-state index is 11.8. The van der Waals surface area contributed by atoms with Gasteiger partial charge in [-0.05, 0) is 17.7 Å². The minimum Gasteiger partial charge on any atom is -0.250 e. The van der Waals surface area contributed by atoms with Crippen molar-refractivity contribution >= 4 is 31.4 Å². The molecular weight excluding hydrogens is 308 g/mol. The summed E-state index contributed by atoms with van der Waals surface area (Å²) in [7, 11) is -4.27. The number of sulfonamides is 1. The third kappa shape index (κ3) is 6.38. The molecule has 1 aromatic carbocycles. The van der Waals surface area contributed by atoms with Crippen LogP contribution in [0.15, 0.2) is 28.6 Å². The second-order valence-electron chi connectivity index (χ2n) is 4.13. The van der Waals surface area contributed by atoms with Gasteiger partial charge in [-0.1, -0.05) is 23.7 Å². The average Bonchev–Trinajstić information content (AvgIpc) is 2.31. The Labute approximate surface area is 119 Å². The van der Waals surface area contributed by atoms with Crippen LogP contribution in [0.3, 0.4) is 0 Å². The number of hydrogen-bond donors (Lipinski definition) is 1. The fourth-order valence-electron chi connectivity index (χ4n) is 1.33. The van der Waals surface area contributed by atoms with Gasteiger partial charge in [0.05, 0.1) is 5.75 Å². The molecular formula is C11H17ClN2O3S2. The predicted octanol–water partition coefficient (Wildman–Crippen LogP) is 1.49. The van der Waals surface area contributed by atoms with E-state index in [2.05, 4.69) is 9.08 Å². The molecule has 0 spiro atoms. The third-order valence-electron chi connectivity index (χ3n) is 2.46. The van der Waals surface area contributed by atoms with Crippen LogP contribution >= 0.6 is 11.6 Å². The molecule has 0 fully saturated rings. The van der Waals surface area contributed by atoms with E-state index in [9.17, 15) is 12.6 Å². The number of nitrogens with one attached hydrogen (secondary N) is 1. The summed E-state index contributed by atoms with van der Waals surface area (Å²) in [4.78, 5) is 0.